The maximum atomic E-state index is 13.3. The molecule has 2 aromatic carbocycles. The van der Waals surface area contributed by atoms with Crippen molar-refractivity contribution in [2.75, 3.05) is 18.0 Å². The fourth-order valence-electron chi connectivity index (χ4n) is 3.81. The van der Waals surface area contributed by atoms with E-state index >= 15 is 0 Å². The van der Waals surface area contributed by atoms with Crippen LogP contribution in [0.3, 0.4) is 0 Å². The zero-order chi connectivity index (χ0) is 21.8. The fraction of sp³-hybridized carbons (Fsp3) is 0.409. The number of anilines is 1. The number of phenolic OH excluding ortho intramolecular Hbond substituents is 1. The van der Waals surface area contributed by atoms with E-state index in [0.717, 1.165) is 31.5 Å². The van der Waals surface area contributed by atoms with Gasteiger partial charge in [-0.3, -0.25) is 19.8 Å². The molecule has 0 radical (unpaired) electrons. The highest BCUT2D eigenvalue weighted by atomic mass is 19.1. The number of halogens is 1. The number of nitro groups is 1. The summed E-state index contributed by atoms with van der Waals surface area (Å²) in [4.78, 5) is 27.3. The minimum absolute atomic E-state index is 0.00853. The molecule has 8 heteroatoms. The summed E-state index contributed by atoms with van der Waals surface area (Å²) in [5.41, 5.74) is 1.15. The quantitative estimate of drug-likeness (QED) is 0.567. The molecule has 1 aliphatic rings. The third-order valence-corrected chi connectivity index (χ3v) is 5.40. The van der Waals surface area contributed by atoms with E-state index < -0.39 is 4.92 Å². The summed E-state index contributed by atoms with van der Waals surface area (Å²) in [7, 11) is 0. The van der Waals surface area contributed by atoms with Crippen LogP contribution < -0.4 is 4.90 Å². The van der Waals surface area contributed by atoms with Gasteiger partial charge in [0, 0.05) is 43.3 Å². The smallest absolute Gasteiger partial charge is 0.311 e. The molecular weight excluding hydrogens is 389 g/mol. The van der Waals surface area contributed by atoms with Gasteiger partial charge in [0.05, 0.1) is 4.92 Å². The fourth-order valence-corrected chi connectivity index (χ4v) is 3.81. The van der Waals surface area contributed by atoms with Crippen molar-refractivity contribution < 1.29 is 19.2 Å². The molecule has 0 aliphatic carbocycles. The van der Waals surface area contributed by atoms with Crippen LogP contribution in [-0.2, 0) is 11.3 Å². The number of piperidine rings is 1. The Morgan fingerprint density at radius 1 is 1.23 bits per heavy atom. The van der Waals surface area contributed by atoms with E-state index in [9.17, 15) is 24.4 Å². The number of carbonyl (C=O) groups is 1. The van der Waals surface area contributed by atoms with Crippen LogP contribution in [0.5, 0.6) is 5.75 Å². The number of nitro benzene ring substituents is 1. The first-order valence-corrected chi connectivity index (χ1v) is 10.0. The highest BCUT2D eigenvalue weighted by molar-refractivity contribution is 5.95. The van der Waals surface area contributed by atoms with Gasteiger partial charge in [0.25, 0.3) is 0 Å². The number of phenols is 1. The van der Waals surface area contributed by atoms with Gasteiger partial charge < -0.3 is 10.0 Å². The Labute approximate surface area is 174 Å². The zero-order valence-corrected chi connectivity index (χ0v) is 17.1. The van der Waals surface area contributed by atoms with Gasteiger partial charge >= 0.3 is 5.69 Å². The normalized spacial score (nSPS) is 15.3. The Bertz CT molecular complexity index is 909. The van der Waals surface area contributed by atoms with Crippen molar-refractivity contribution in [3.63, 3.8) is 0 Å². The van der Waals surface area contributed by atoms with Crippen molar-refractivity contribution in [2.24, 2.45) is 5.92 Å². The SMILES string of the molecule is CC(C)C(=O)N(c1ccc(F)cc1)C1CCN(Cc2ccc(O)c([N+](=O)[O-])c2)CC1. The van der Waals surface area contributed by atoms with E-state index in [0.29, 0.717) is 12.2 Å². The summed E-state index contributed by atoms with van der Waals surface area (Å²) in [6.07, 6.45) is 1.49. The first-order chi connectivity index (χ1) is 14.3. The molecule has 1 saturated heterocycles. The van der Waals surface area contributed by atoms with Crippen molar-refractivity contribution >= 4 is 17.3 Å². The molecule has 0 bridgehead atoms. The first kappa shape index (κ1) is 21.7. The van der Waals surface area contributed by atoms with Crippen molar-refractivity contribution in [2.45, 2.75) is 39.3 Å². The lowest BCUT2D eigenvalue weighted by molar-refractivity contribution is -0.385. The lowest BCUT2D eigenvalue weighted by Crippen LogP contribution is -2.48. The lowest BCUT2D eigenvalue weighted by atomic mass is 9.99. The largest absolute Gasteiger partial charge is 0.502 e. The minimum atomic E-state index is -0.594. The summed E-state index contributed by atoms with van der Waals surface area (Å²) in [5, 5.41) is 20.6. The topological polar surface area (TPSA) is 86.9 Å². The van der Waals surface area contributed by atoms with Gasteiger partial charge in [-0.15, -0.1) is 0 Å². The average Bonchev–Trinajstić information content (AvgIpc) is 2.72. The number of likely N-dealkylation sites (tertiary alicyclic amines) is 1. The maximum absolute atomic E-state index is 13.3. The van der Waals surface area contributed by atoms with E-state index in [1.54, 1.807) is 23.1 Å². The second kappa shape index (κ2) is 9.21. The molecule has 1 amide bonds. The zero-order valence-electron chi connectivity index (χ0n) is 17.1. The van der Waals surface area contributed by atoms with Gasteiger partial charge in [0.2, 0.25) is 5.91 Å². The van der Waals surface area contributed by atoms with E-state index in [2.05, 4.69) is 4.90 Å². The lowest BCUT2D eigenvalue weighted by Gasteiger charge is -2.39. The van der Waals surface area contributed by atoms with Crippen molar-refractivity contribution in [1.82, 2.24) is 4.90 Å². The van der Waals surface area contributed by atoms with Crippen LogP contribution in [0.25, 0.3) is 0 Å². The molecule has 0 saturated carbocycles. The van der Waals surface area contributed by atoms with Gasteiger partial charge in [-0.05, 0) is 48.7 Å². The standard InChI is InChI=1S/C22H26FN3O4/c1-15(2)22(28)25(18-6-4-17(23)5-7-18)19-9-11-24(12-10-19)14-16-3-8-21(27)20(13-16)26(29)30/h3-8,13,15,19,27H,9-12,14H2,1-2H3. The highest BCUT2D eigenvalue weighted by Crippen LogP contribution is 2.29. The molecule has 30 heavy (non-hydrogen) atoms. The summed E-state index contributed by atoms with van der Waals surface area (Å²) >= 11 is 0. The van der Waals surface area contributed by atoms with E-state index in [4.69, 9.17) is 0 Å². The number of hydrogen-bond donors (Lipinski definition) is 1. The number of nitrogens with zero attached hydrogens (tertiary/aromatic N) is 3. The minimum Gasteiger partial charge on any atom is -0.502 e. The molecule has 0 aromatic heterocycles. The second-order valence-electron chi connectivity index (χ2n) is 7.93. The molecule has 7 nitrogen and oxygen atoms in total. The van der Waals surface area contributed by atoms with Crippen LogP contribution in [0.4, 0.5) is 15.8 Å². The number of benzene rings is 2. The number of amides is 1. The highest BCUT2D eigenvalue weighted by Gasteiger charge is 2.30. The molecule has 160 valence electrons. The van der Waals surface area contributed by atoms with Crippen LogP contribution in [0, 0.1) is 21.8 Å². The van der Waals surface area contributed by atoms with E-state index in [1.807, 2.05) is 13.8 Å². The monoisotopic (exact) mass is 415 g/mol. The third-order valence-electron chi connectivity index (χ3n) is 5.40. The Morgan fingerprint density at radius 3 is 2.43 bits per heavy atom. The number of carbonyl (C=O) groups excluding carboxylic acids is 1. The predicted molar refractivity (Wildman–Crippen MR) is 112 cm³/mol. The first-order valence-electron chi connectivity index (χ1n) is 10.0. The molecule has 2 aromatic rings. The Hall–Kier alpha value is -3.00. The van der Waals surface area contributed by atoms with Crippen LogP contribution in [0.1, 0.15) is 32.3 Å². The molecule has 1 N–H and O–H groups in total. The number of aromatic hydroxyl groups is 1. The van der Waals surface area contributed by atoms with Gasteiger partial charge in [0.1, 0.15) is 5.82 Å². The Balaban J connectivity index is 1.69. The molecule has 0 spiro atoms. The van der Waals surface area contributed by atoms with Gasteiger partial charge in [0.15, 0.2) is 5.75 Å². The number of rotatable bonds is 6. The molecule has 1 heterocycles. The Morgan fingerprint density at radius 2 is 1.87 bits per heavy atom. The van der Waals surface area contributed by atoms with E-state index in [-0.39, 0.29) is 35.1 Å². The summed E-state index contributed by atoms with van der Waals surface area (Å²) in [6, 6.07) is 10.4. The molecular formula is C22H26FN3O4. The van der Waals surface area contributed by atoms with E-state index in [1.165, 1.54) is 24.3 Å². The van der Waals surface area contributed by atoms with Crippen molar-refractivity contribution in [3.05, 3.63) is 64.0 Å². The van der Waals surface area contributed by atoms with Gasteiger partial charge in [-0.25, -0.2) is 4.39 Å². The number of hydrogen-bond acceptors (Lipinski definition) is 5. The van der Waals surface area contributed by atoms with Gasteiger partial charge in [-0.1, -0.05) is 19.9 Å². The van der Waals surface area contributed by atoms with Crippen molar-refractivity contribution in [1.29, 1.82) is 0 Å². The third kappa shape index (κ3) is 4.94. The second-order valence-corrected chi connectivity index (χ2v) is 7.93. The molecule has 1 fully saturated rings. The molecule has 0 unspecified atom stereocenters. The molecule has 0 atom stereocenters. The molecule has 3 rings (SSSR count). The van der Waals surface area contributed by atoms with Crippen molar-refractivity contribution in [3.8, 4) is 5.75 Å². The van der Waals surface area contributed by atoms with Crippen LogP contribution in [0.15, 0.2) is 42.5 Å². The molecule has 1 aliphatic heterocycles. The predicted octanol–water partition coefficient (Wildman–Crippen LogP) is 4.09. The maximum Gasteiger partial charge on any atom is 0.311 e. The summed E-state index contributed by atoms with van der Waals surface area (Å²) < 4.78 is 13.3. The van der Waals surface area contributed by atoms with Crippen LogP contribution in [0.2, 0.25) is 0 Å². The summed E-state index contributed by atoms with van der Waals surface area (Å²) in [5.74, 6) is -0.849. The summed E-state index contributed by atoms with van der Waals surface area (Å²) in [6.45, 7) is 5.69. The van der Waals surface area contributed by atoms with Crippen LogP contribution >= 0.6 is 0 Å². The average molecular weight is 415 g/mol. The van der Waals surface area contributed by atoms with Gasteiger partial charge in [-0.2, -0.15) is 0 Å². The van der Waals surface area contributed by atoms with Crippen LogP contribution in [-0.4, -0.2) is 40.0 Å². The Kier molecular flexibility index (Phi) is 6.66.